The van der Waals surface area contributed by atoms with E-state index < -0.39 is 17.7 Å². The first-order valence-electron chi connectivity index (χ1n) is 7.78. The number of carbonyl (C=O) groups is 2. The number of nitrogens with zero attached hydrogens (tertiary/aromatic N) is 3. The molecule has 0 aromatic heterocycles. The van der Waals surface area contributed by atoms with Crippen molar-refractivity contribution in [3.8, 4) is 0 Å². The van der Waals surface area contributed by atoms with Gasteiger partial charge in [-0.05, 0) is 40.2 Å². The Morgan fingerprint density at radius 3 is 2.50 bits per heavy atom. The monoisotopic (exact) mass is 313 g/mol. The molecule has 0 saturated carbocycles. The molecule has 2 saturated heterocycles. The van der Waals surface area contributed by atoms with Crippen molar-refractivity contribution < 1.29 is 19.2 Å². The van der Waals surface area contributed by atoms with Crippen molar-refractivity contribution in [3.63, 3.8) is 0 Å². The molecule has 2 aliphatic heterocycles. The number of hydrogen-bond acceptors (Lipinski definition) is 5. The SMILES string of the molecule is CON(C)C(=O)[C@@H]1CN2CCC[C@@H]2CN1C(=O)OC(C)(C)C. The van der Waals surface area contributed by atoms with Crippen LogP contribution in [0, 0.1) is 0 Å². The van der Waals surface area contributed by atoms with Gasteiger partial charge in [0.1, 0.15) is 11.6 Å². The lowest BCUT2D eigenvalue weighted by Gasteiger charge is -2.43. The molecule has 2 aliphatic rings. The molecule has 2 rings (SSSR count). The van der Waals surface area contributed by atoms with E-state index in [0.29, 0.717) is 19.1 Å². The summed E-state index contributed by atoms with van der Waals surface area (Å²) in [5.74, 6) is -0.223. The van der Waals surface area contributed by atoms with Crippen LogP contribution in [-0.4, -0.2) is 78.3 Å². The van der Waals surface area contributed by atoms with E-state index in [1.807, 2.05) is 20.8 Å². The second kappa shape index (κ2) is 6.42. The van der Waals surface area contributed by atoms with Crippen LogP contribution in [0.1, 0.15) is 33.6 Å². The summed E-state index contributed by atoms with van der Waals surface area (Å²) in [4.78, 5) is 33.9. The third-order valence-corrected chi connectivity index (χ3v) is 4.19. The Hall–Kier alpha value is -1.34. The molecule has 0 unspecified atom stereocenters. The van der Waals surface area contributed by atoms with E-state index >= 15 is 0 Å². The van der Waals surface area contributed by atoms with Crippen molar-refractivity contribution in [3.05, 3.63) is 0 Å². The lowest BCUT2D eigenvalue weighted by Crippen LogP contribution is -2.63. The highest BCUT2D eigenvalue weighted by Gasteiger charge is 2.44. The van der Waals surface area contributed by atoms with E-state index in [4.69, 9.17) is 9.57 Å². The molecule has 22 heavy (non-hydrogen) atoms. The van der Waals surface area contributed by atoms with Gasteiger partial charge in [0, 0.05) is 26.2 Å². The maximum Gasteiger partial charge on any atom is 0.411 e. The van der Waals surface area contributed by atoms with Gasteiger partial charge in [0.2, 0.25) is 0 Å². The number of hydrogen-bond donors (Lipinski definition) is 0. The number of amides is 2. The van der Waals surface area contributed by atoms with Crippen molar-refractivity contribution in [2.75, 3.05) is 33.8 Å². The Balaban J connectivity index is 2.17. The quantitative estimate of drug-likeness (QED) is 0.714. The first-order valence-corrected chi connectivity index (χ1v) is 7.78. The highest BCUT2D eigenvalue weighted by molar-refractivity contribution is 5.85. The van der Waals surface area contributed by atoms with E-state index in [1.54, 1.807) is 11.9 Å². The van der Waals surface area contributed by atoms with Gasteiger partial charge in [0.05, 0.1) is 7.11 Å². The van der Waals surface area contributed by atoms with Gasteiger partial charge in [-0.1, -0.05) is 0 Å². The normalized spacial score (nSPS) is 25.8. The summed E-state index contributed by atoms with van der Waals surface area (Å²) in [6.45, 7) is 7.53. The molecule has 2 amide bonds. The molecular formula is C15H27N3O4. The number of rotatable bonds is 2. The average Bonchev–Trinajstić information content (AvgIpc) is 2.89. The van der Waals surface area contributed by atoms with E-state index in [-0.39, 0.29) is 5.91 Å². The zero-order valence-electron chi connectivity index (χ0n) is 14.2. The molecule has 0 bridgehead atoms. The van der Waals surface area contributed by atoms with Crippen LogP contribution in [0.15, 0.2) is 0 Å². The molecule has 0 radical (unpaired) electrons. The average molecular weight is 313 g/mol. The summed E-state index contributed by atoms with van der Waals surface area (Å²) >= 11 is 0. The van der Waals surface area contributed by atoms with E-state index in [2.05, 4.69) is 4.90 Å². The Bertz CT molecular complexity index is 435. The third kappa shape index (κ3) is 3.70. The fourth-order valence-corrected chi connectivity index (χ4v) is 3.05. The van der Waals surface area contributed by atoms with Crippen molar-refractivity contribution in [2.45, 2.75) is 51.3 Å². The largest absolute Gasteiger partial charge is 0.444 e. The highest BCUT2D eigenvalue weighted by atomic mass is 16.7. The summed E-state index contributed by atoms with van der Waals surface area (Å²) < 4.78 is 5.48. The van der Waals surface area contributed by atoms with Crippen LogP contribution in [0.2, 0.25) is 0 Å². The van der Waals surface area contributed by atoms with Crippen LogP contribution >= 0.6 is 0 Å². The van der Waals surface area contributed by atoms with Crippen LogP contribution in [0.5, 0.6) is 0 Å². The highest BCUT2D eigenvalue weighted by Crippen LogP contribution is 2.26. The van der Waals surface area contributed by atoms with Gasteiger partial charge >= 0.3 is 6.09 Å². The van der Waals surface area contributed by atoms with Gasteiger partial charge in [-0.15, -0.1) is 0 Å². The van der Waals surface area contributed by atoms with Crippen molar-refractivity contribution in [1.29, 1.82) is 0 Å². The summed E-state index contributed by atoms with van der Waals surface area (Å²) in [5.41, 5.74) is -0.579. The smallest absolute Gasteiger partial charge is 0.411 e. The van der Waals surface area contributed by atoms with Crippen molar-refractivity contribution >= 4 is 12.0 Å². The molecule has 2 fully saturated rings. The Morgan fingerprint density at radius 2 is 1.91 bits per heavy atom. The zero-order chi connectivity index (χ0) is 16.5. The van der Waals surface area contributed by atoms with Gasteiger partial charge in [0.15, 0.2) is 0 Å². The van der Waals surface area contributed by atoms with Crippen LogP contribution in [0.3, 0.4) is 0 Å². The van der Waals surface area contributed by atoms with Gasteiger partial charge in [0.25, 0.3) is 5.91 Å². The molecule has 7 nitrogen and oxygen atoms in total. The van der Waals surface area contributed by atoms with Crippen LogP contribution in [0.4, 0.5) is 4.79 Å². The van der Waals surface area contributed by atoms with Crippen LogP contribution in [0.25, 0.3) is 0 Å². The second-order valence-electron chi connectivity index (χ2n) is 6.96. The molecule has 2 atom stereocenters. The minimum absolute atomic E-state index is 0.223. The van der Waals surface area contributed by atoms with E-state index in [9.17, 15) is 9.59 Å². The van der Waals surface area contributed by atoms with E-state index in [0.717, 1.165) is 19.4 Å². The molecule has 2 heterocycles. The van der Waals surface area contributed by atoms with Crippen molar-refractivity contribution in [2.24, 2.45) is 0 Å². The fraction of sp³-hybridized carbons (Fsp3) is 0.867. The lowest BCUT2D eigenvalue weighted by atomic mass is 10.1. The summed E-state index contributed by atoms with van der Waals surface area (Å²) in [6, 6.07) is -0.237. The topological polar surface area (TPSA) is 62.3 Å². The first kappa shape index (κ1) is 17.0. The van der Waals surface area contributed by atoms with Gasteiger partial charge in [-0.25, -0.2) is 9.86 Å². The fourth-order valence-electron chi connectivity index (χ4n) is 3.05. The van der Waals surface area contributed by atoms with Crippen molar-refractivity contribution in [1.82, 2.24) is 14.9 Å². The first-order chi connectivity index (χ1) is 10.2. The van der Waals surface area contributed by atoms with Gasteiger partial charge < -0.3 is 4.74 Å². The minimum atomic E-state index is -0.579. The number of carbonyl (C=O) groups excluding carboxylic acids is 2. The maximum absolute atomic E-state index is 12.5. The molecule has 0 aromatic carbocycles. The molecular weight excluding hydrogens is 286 g/mol. The number of piperazine rings is 1. The van der Waals surface area contributed by atoms with E-state index in [1.165, 1.54) is 12.2 Å². The lowest BCUT2D eigenvalue weighted by molar-refractivity contribution is -0.176. The van der Waals surface area contributed by atoms with Crippen LogP contribution in [-0.2, 0) is 14.4 Å². The molecule has 126 valence electrons. The van der Waals surface area contributed by atoms with Gasteiger partial charge in [-0.3, -0.25) is 19.4 Å². The predicted octanol–water partition coefficient (Wildman–Crippen LogP) is 1.09. The van der Waals surface area contributed by atoms with Gasteiger partial charge in [-0.2, -0.15) is 0 Å². The Kier molecular flexibility index (Phi) is 4.97. The minimum Gasteiger partial charge on any atom is -0.444 e. The number of likely N-dealkylation sites (N-methyl/N-ethyl adjacent to an activating group) is 1. The molecule has 0 N–H and O–H groups in total. The number of fused-ring (bicyclic) bond motifs is 1. The number of ether oxygens (including phenoxy) is 1. The van der Waals surface area contributed by atoms with Crippen LogP contribution < -0.4 is 0 Å². The summed E-state index contributed by atoms with van der Waals surface area (Å²) in [5, 5.41) is 1.18. The third-order valence-electron chi connectivity index (χ3n) is 4.19. The Labute approximate surface area is 132 Å². The standard InChI is InChI=1S/C15H27N3O4/c1-15(2,3)22-14(20)18-9-11-7-6-8-17(11)10-12(18)13(19)16(4)21-5/h11-12H,6-10H2,1-5H3/t11-,12+/m1/s1. The number of hydroxylamine groups is 2. The second-order valence-corrected chi connectivity index (χ2v) is 6.96. The molecule has 0 aliphatic carbocycles. The summed E-state index contributed by atoms with van der Waals surface area (Å²) in [7, 11) is 3.00. The molecule has 0 aromatic rings. The predicted molar refractivity (Wildman–Crippen MR) is 81.1 cm³/mol. The molecule has 0 spiro atoms. The molecule has 7 heteroatoms. The summed E-state index contributed by atoms with van der Waals surface area (Å²) in [6.07, 6.45) is 1.73. The Morgan fingerprint density at radius 1 is 1.23 bits per heavy atom. The maximum atomic E-state index is 12.5. The zero-order valence-corrected chi connectivity index (χ0v) is 14.2.